The minimum Gasteiger partial charge on any atom is -0.370 e. The molecule has 1 saturated heterocycles. The average molecular weight is 470 g/mol. The van der Waals surface area contributed by atoms with Crippen LogP contribution in [0.25, 0.3) is 22.4 Å². The highest BCUT2D eigenvalue weighted by Gasteiger charge is 2.16. The second kappa shape index (κ2) is 10.7. The van der Waals surface area contributed by atoms with Gasteiger partial charge in [0.2, 0.25) is 0 Å². The molecule has 0 aliphatic carbocycles. The van der Waals surface area contributed by atoms with Gasteiger partial charge in [0, 0.05) is 51.0 Å². The molecular formula is C27H31N7O. The molecule has 2 aromatic carbocycles. The van der Waals surface area contributed by atoms with Crippen LogP contribution in [0.2, 0.25) is 0 Å². The van der Waals surface area contributed by atoms with Crippen LogP contribution in [0, 0.1) is 0 Å². The smallest absolute Gasteiger partial charge is 0.250 e. The Labute approximate surface area is 205 Å². The van der Waals surface area contributed by atoms with E-state index in [9.17, 15) is 4.79 Å². The minimum atomic E-state index is -0.486. The van der Waals surface area contributed by atoms with Gasteiger partial charge in [-0.2, -0.15) is 0 Å². The molecule has 0 saturated carbocycles. The summed E-state index contributed by atoms with van der Waals surface area (Å²) in [6.07, 6.45) is 2.86. The van der Waals surface area contributed by atoms with E-state index in [0.29, 0.717) is 16.9 Å². The third-order valence-electron chi connectivity index (χ3n) is 6.49. The number of anilines is 1. The van der Waals surface area contributed by atoms with E-state index in [1.165, 1.54) is 5.56 Å². The van der Waals surface area contributed by atoms with Crippen LogP contribution in [0.4, 0.5) is 5.82 Å². The number of nitrogens with zero attached hydrogens (tertiary/aromatic N) is 4. The van der Waals surface area contributed by atoms with Gasteiger partial charge in [-0.3, -0.25) is 9.69 Å². The van der Waals surface area contributed by atoms with E-state index in [0.717, 1.165) is 69.1 Å². The molecule has 0 spiro atoms. The van der Waals surface area contributed by atoms with Crippen molar-refractivity contribution >= 4 is 22.8 Å². The van der Waals surface area contributed by atoms with Gasteiger partial charge in [0.05, 0.1) is 11.1 Å². The number of benzene rings is 2. The predicted molar refractivity (Wildman–Crippen MR) is 139 cm³/mol. The molecule has 1 aliphatic heterocycles. The molecule has 2 aromatic heterocycles. The zero-order valence-electron chi connectivity index (χ0n) is 19.8. The maximum Gasteiger partial charge on any atom is 0.250 e. The molecule has 0 atom stereocenters. The molecule has 4 aromatic rings. The van der Waals surface area contributed by atoms with Crippen LogP contribution in [0.3, 0.4) is 0 Å². The predicted octanol–water partition coefficient (Wildman–Crippen LogP) is 3.34. The van der Waals surface area contributed by atoms with Gasteiger partial charge in [0.15, 0.2) is 0 Å². The normalized spacial score (nSPS) is 14.9. The summed E-state index contributed by atoms with van der Waals surface area (Å²) in [6, 6.07) is 20.0. The summed E-state index contributed by atoms with van der Waals surface area (Å²) in [5.74, 6) is 1.02. The molecule has 5 rings (SSSR count). The molecule has 35 heavy (non-hydrogen) atoms. The molecule has 1 amide bonds. The quantitative estimate of drug-likeness (QED) is 0.325. The van der Waals surface area contributed by atoms with Crippen LogP contribution in [0.1, 0.15) is 22.3 Å². The number of imidazole rings is 1. The number of nitrogens with two attached hydrogens (primary N) is 1. The number of pyridine rings is 1. The highest BCUT2D eigenvalue weighted by molar-refractivity contribution is 6.04. The Morgan fingerprint density at radius 3 is 2.51 bits per heavy atom. The van der Waals surface area contributed by atoms with Crippen molar-refractivity contribution in [3.05, 3.63) is 78.0 Å². The van der Waals surface area contributed by atoms with Gasteiger partial charge in [0.1, 0.15) is 17.2 Å². The lowest BCUT2D eigenvalue weighted by Crippen LogP contribution is -2.46. The first kappa shape index (κ1) is 23.0. The number of piperazine rings is 1. The van der Waals surface area contributed by atoms with E-state index in [2.05, 4.69) is 60.4 Å². The number of rotatable bonds is 9. The van der Waals surface area contributed by atoms with E-state index in [-0.39, 0.29) is 0 Å². The Morgan fingerprint density at radius 1 is 0.971 bits per heavy atom. The number of hydrogen-bond acceptors (Lipinski definition) is 6. The number of nitrogens with one attached hydrogen (secondary N) is 2. The van der Waals surface area contributed by atoms with E-state index in [1.54, 1.807) is 18.3 Å². The van der Waals surface area contributed by atoms with Crippen molar-refractivity contribution in [2.45, 2.75) is 13.0 Å². The lowest BCUT2D eigenvalue weighted by molar-refractivity contribution is 0.100. The molecular weight excluding hydrogens is 438 g/mol. The third kappa shape index (κ3) is 5.67. The number of carbonyl (C=O) groups is 1. The van der Waals surface area contributed by atoms with Crippen molar-refractivity contribution in [3.63, 3.8) is 0 Å². The Bertz CT molecular complexity index is 1260. The molecule has 180 valence electrons. The van der Waals surface area contributed by atoms with Gasteiger partial charge in [-0.15, -0.1) is 0 Å². The molecule has 0 radical (unpaired) electrons. The van der Waals surface area contributed by atoms with E-state index < -0.39 is 5.91 Å². The molecule has 1 aliphatic rings. The summed E-state index contributed by atoms with van der Waals surface area (Å²) < 4.78 is 0. The summed E-state index contributed by atoms with van der Waals surface area (Å²) in [4.78, 5) is 29.1. The monoisotopic (exact) mass is 469 g/mol. The average Bonchev–Trinajstić information content (AvgIpc) is 3.33. The summed E-state index contributed by atoms with van der Waals surface area (Å²) in [5.41, 5.74) is 9.48. The van der Waals surface area contributed by atoms with E-state index >= 15 is 0 Å². The second-order valence-corrected chi connectivity index (χ2v) is 8.97. The molecule has 8 nitrogen and oxygen atoms in total. The summed E-state index contributed by atoms with van der Waals surface area (Å²) >= 11 is 0. The lowest BCUT2D eigenvalue weighted by Gasteiger charge is -2.34. The summed E-state index contributed by atoms with van der Waals surface area (Å²) in [7, 11) is 0. The number of primary amides is 1. The van der Waals surface area contributed by atoms with Crippen molar-refractivity contribution in [3.8, 4) is 11.4 Å². The van der Waals surface area contributed by atoms with Crippen molar-refractivity contribution in [2.75, 3.05) is 44.6 Å². The number of aromatic nitrogens is 3. The van der Waals surface area contributed by atoms with Crippen LogP contribution >= 0.6 is 0 Å². The molecule has 1 fully saturated rings. The largest absolute Gasteiger partial charge is 0.370 e. The topological polar surface area (TPSA) is 103 Å². The van der Waals surface area contributed by atoms with E-state index in [4.69, 9.17) is 5.73 Å². The number of fused-ring (bicyclic) bond motifs is 1. The number of H-pyrrole nitrogens is 1. The Balaban J connectivity index is 1.07. The van der Waals surface area contributed by atoms with Gasteiger partial charge in [-0.25, -0.2) is 9.97 Å². The fourth-order valence-electron chi connectivity index (χ4n) is 4.54. The fourth-order valence-corrected chi connectivity index (χ4v) is 4.54. The highest BCUT2D eigenvalue weighted by atomic mass is 16.1. The second-order valence-electron chi connectivity index (χ2n) is 8.97. The standard InChI is InChI=1S/C27H31N7O/c28-26(35)22-8-4-9-23-25(22)32-27(31-23)21-10-11-24(30-18-21)29-12-5-13-33-14-16-34(17-15-33)19-20-6-2-1-3-7-20/h1-4,6-11,18H,5,12-17,19H2,(H2,28,35)(H,29,30)(H,31,32). The Morgan fingerprint density at radius 2 is 1.77 bits per heavy atom. The van der Waals surface area contributed by atoms with Gasteiger partial charge < -0.3 is 20.9 Å². The number of hydrogen-bond donors (Lipinski definition) is 3. The van der Waals surface area contributed by atoms with Crippen LogP contribution in [-0.2, 0) is 6.54 Å². The molecule has 3 heterocycles. The van der Waals surface area contributed by atoms with Crippen molar-refractivity contribution in [1.29, 1.82) is 0 Å². The Hall–Kier alpha value is -3.75. The van der Waals surface area contributed by atoms with Crippen molar-refractivity contribution in [1.82, 2.24) is 24.8 Å². The first-order valence-corrected chi connectivity index (χ1v) is 12.1. The van der Waals surface area contributed by atoms with Crippen LogP contribution in [-0.4, -0.2) is 69.9 Å². The van der Waals surface area contributed by atoms with Crippen LogP contribution in [0.5, 0.6) is 0 Å². The van der Waals surface area contributed by atoms with Gasteiger partial charge in [-0.05, 0) is 42.8 Å². The maximum absolute atomic E-state index is 11.7. The van der Waals surface area contributed by atoms with Crippen LogP contribution < -0.4 is 11.1 Å². The van der Waals surface area contributed by atoms with Crippen LogP contribution in [0.15, 0.2) is 66.9 Å². The van der Waals surface area contributed by atoms with Gasteiger partial charge in [-0.1, -0.05) is 36.4 Å². The van der Waals surface area contributed by atoms with Gasteiger partial charge >= 0.3 is 0 Å². The maximum atomic E-state index is 11.7. The minimum absolute atomic E-state index is 0.411. The lowest BCUT2D eigenvalue weighted by atomic mass is 10.2. The first-order valence-electron chi connectivity index (χ1n) is 12.1. The SMILES string of the molecule is NC(=O)c1cccc2[nH]c(-c3ccc(NCCCN4CCN(Cc5ccccc5)CC4)nc3)nc12. The zero-order valence-corrected chi connectivity index (χ0v) is 19.8. The number of para-hydroxylation sites is 1. The molecule has 4 N–H and O–H groups in total. The fraction of sp³-hybridized carbons (Fsp3) is 0.296. The molecule has 0 unspecified atom stereocenters. The Kier molecular flexibility index (Phi) is 7.02. The molecule has 8 heteroatoms. The van der Waals surface area contributed by atoms with Crippen molar-refractivity contribution in [2.24, 2.45) is 5.73 Å². The summed E-state index contributed by atoms with van der Waals surface area (Å²) in [5, 5.41) is 3.42. The first-order chi connectivity index (χ1) is 17.2. The third-order valence-corrected chi connectivity index (χ3v) is 6.49. The number of aromatic amines is 1. The number of carbonyl (C=O) groups excluding carboxylic acids is 1. The number of amides is 1. The van der Waals surface area contributed by atoms with Gasteiger partial charge in [0.25, 0.3) is 5.91 Å². The van der Waals surface area contributed by atoms with E-state index in [1.807, 2.05) is 18.2 Å². The summed E-state index contributed by atoms with van der Waals surface area (Å²) in [6.45, 7) is 7.48. The van der Waals surface area contributed by atoms with Crippen molar-refractivity contribution < 1.29 is 4.79 Å². The highest BCUT2D eigenvalue weighted by Crippen LogP contribution is 2.23. The molecule has 0 bridgehead atoms. The zero-order chi connectivity index (χ0) is 24.0.